The van der Waals surface area contributed by atoms with Gasteiger partial charge in [0.25, 0.3) is 10.0 Å². The number of nitrogens with one attached hydrogen (secondary N) is 2. The molecular formula is C16H14ClN3O3S. The van der Waals surface area contributed by atoms with Gasteiger partial charge in [-0.25, -0.2) is 8.42 Å². The topological polar surface area (TPSA) is 84.1 Å². The molecule has 0 atom stereocenters. The van der Waals surface area contributed by atoms with Crippen molar-refractivity contribution >= 4 is 27.4 Å². The lowest BCUT2D eigenvalue weighted by Crippen LogP contribution is -2.15. The van der Waals surface area contributed by atoms with E-state index in [0.717, 1.165) is 5.56 Å². The quantitative estimate of drug-likeness (QED) is 0.726. The molecule has 0 saturated heterocycles. The van der Waals surface area contributed by atoms with Crippen LogP contribution < -0.4 is 9.46 Å². The monoisotopic (exact) mass is 363 g/mol. The van der Waals surface area contributed by atoms with Crippen LogP contribution in [0, 0.1) is 0 Å². The maximum Gasteiger partial charge on any atom is 0.266 e. The van der Waals surface area contributed by atoms with E-state index in [-0.39, 0.29) is 16.5 Å². The molecule has 124 valence electrons. The van der Waals surface area contributed by atoms with Crippen molar-refractivity contribution in [1.29, 1.82) is 0 Å². The van der Waals surface area contributed by atoms with E-state index in [9.17, 15) is 8.42 Å². The molecule has 2 aromatic carbocycles. The summed E-state index contributed by atoms with van der Waals surface area (Å²) in [6.45, 7) is 0. The van der Waals surface area contributed by atoms with Gasteiger partial charge in [0.1, 0.15) is 16.5 Å². The van der Waals surface area contributed by atoms with E-state index >= 15 is 0 Å². The summed E-state index contributed by atoms with van der Waals surface area (Å²) in [5, 5.41) is 6.89. The van der Waals surface area contributed by atoms with Gasteiger partial charge >= 0.3 is 0 Å². The zero-order valence-electron chi connectivity index (χ0n) is 12.7. The maximum atomic E-state index is 12.7. The number of hydrogen-bond donors (Lipinski definition) is 2. The summed E-state index contributed by atoms with van der Waals surface area (Å²) in [6.07, 6.45) is 1.56. The molecule has 0 aliphatic carbocycles. The molecule has 0 aliphatic heterocycles. The molecular weight excluding hydrogens is 350 g/mol. The molecule has 1 heterocycles. The molecule has 0 unspecified atom stereocenters. The Labute approximate surface area is 144 Å². The molecule has 24 heavy (non-hydrogen) atoms. The van der Waals surface area contributed by atoms with E-state index in [1.807, 2.05) is 30.3 Å². The highest BCUT2D eigenvalue weighted by atomic mass is 35.5. The van der Waals surface area contributed by atoms with Crippen molar-refractivity contribution in [2.75, 3.05) is 11.8 Å². The van der Waals surface area contributed by atoms with Crippen LogP contribution in [0.4, 0.5) is 5.82 Å². The summed E-state index contributed by atoms with van der Waals surface area (Å²) >= 11 is 5.92. The summed E-state index contributed by atoms with van der Waals surface area (Å²) in [5.74, 6) is 0.468. The summed E-state index contributed by atoms with van der Waals surface area (Å²) < 4.78 is 33.1. The minimum absolute atomic E-state index is 0.0499. The van der Waals surface area contributed by atoms with E-state index < -0.39 is 10.0 Å². The third kappa shape index (κ3) is 3.22. The van der Waals surface area contributed by atoms with Crippen molar-refractivity contribution in [3.05, 3.63) is 59.8 Å². The minimum atomic E-state index is -3.91. The van der Waals surface area contributed by atoms with Crippen molar-refractivity contribution in [2.24, 2.45) is 0 Å². The number of rotatable bonds is 5. The van der Waals surface area contributed by atoms with Crippen LogP contribution in [0.25, 0.3) is 11.1 Å². The van der Waals surface area contributed by atoms with Gasteiger partial charge in [0.2, 0.25) is 0 Å². The van der Waals surface area contributed by atoms with Crippen LogP contribution in [0.15, 0.2) is 59.6 Å². The molecule has 0 bridgehead atoms. The number of aromatic amines is 1. The van der Waals surface area contributed by atoms with E-state index in [2.05, 4.69) is 14.9 Å². The standard InChI is InChI=1S/C16H14ClN3O3S/c1-23-14-8-7-12(17)9-15(14)24(21,22)20-16-13(10-18-19-16)11-5-3-2-4-6-11/h2-10H,1H3,(H2,18,19,20). The summed E-state index contributed by atoms with van der Waals surface area (Å²) in [6, 6.07) is 13.7. The fraction of sp³-hybridized carbons (Fsp3) is 0.0625. The smallest absolute Gasteiger partial charge is 0.266 e. The van der Waals surface area contributed by atoms with Crippen LogP contribution in [-0.2, 0) is 10.0 Å². The van der Waals surface area contributed by atoms with Gasteiger partial charge in [-0.1, -0.05) is 41.9 Å². The first-order chi connectivity index (χ1) is 11.5. The van der Waals surface area contributed by atoms with Crippen LogP contribution in [0.5, 0.6) is 5.75 Å². The van der Waals surface area contributed by atoms with E-state index in [1.165, 1.54) is 19.2 Å². The lowest BCUT2D eigenvalue weighted by atomic mass is 10.1. The Bertz CT molecular complexity index is 956. The Hall–Kier alpha value is -2.51. The molecule has 3 aromatic rings. The van der Waals surface area contributed by atoms with Gasteiger partial charge in [0.05, 0.1) is 13.3 Å². The Morgan fingerprint density at radius 2 is 1.92 bits per heavy atom. The average molecular weight is 364 g/mol. The second-order valence-corrected chi connectivity index (χ2v) is 7.01. The first kappa shape index (κ1) is 16.4. The van der Waals surface area contributed by atoms with Gasteiger partial charge in [-0.15, -0.1) is 0 Å². The van der Waals surface area contributed by atoms with Gasteiger partial charge in [-0.05, 0) is 23.8 Å². The highest BCUT2D eigenvalue weighted by Crippen LogP contribution is 2.31. The van der Waals surface area contributed by atoms with Crippen molar-refractivity contribution in [3.8, 4) is 16.9 Å². The molecule has 2 N–H and O–H groups in total. The molecule has 6 nitrogen and oxygen atoms in total. The zero-order valence-corrected chi connectivity index (χ0v) is 14.2. The number of sulfonamides is 1. The van der Waals surface area contributed by atoms with Gasteiger partial charge in [-0.2, -0.15) is 5.10 Å². The van der Waals surface area contributed by atoms with Crippen LogP contribution in [0.2, 0.25) is 5.02 Å². The van der Waals surface area contributed by atoms with Gasteiger partial charge in [-0.3, -0.25) is 9.82 Å². The Morgan fingerprint density at radius 1 is 1.17 bits per heavy atom. The highest BCUT2D eigenvalue weighted by molar-refractivity contribution is 7.92. The van der Waals surface area contributed by atoms with Crippen molar-refractivity contribution in [1.82, 2.24) is 10.2 Å². The van der Waals surface area contributed by atoms with Crippen molar-refractivity contribution < 1.29 is 13.2 Å². The van der Waals surface area contributed by atoms with Crippen LogP contribution in [0.1, 0.15) is 0 Å². The minimum Gasteiger partial charge on any atom is -0.495 e. The molecule has 0 aliphatic rings. The van der Waals surface area contributed by atoms with E-state index in [1.54, 1.807) is 12.3 Å². The highest BCUT2D eigenvalue weighted by Gasteiger charge is 2.22. The number of hydrogen-bond acceptors (Lipinski definition) is 4. The van der Waals surface area contributed by atoms with Crippen molar-refractivity contribution in [3.63, 3.8) is 0 Å². The normalized spacial score (nSPS) is 11.2. The third-order valence-electron chi connectivity index (χ3n) is 3.38. The van der Waals surface area contributed by atoms with Gasteiger partial charge in [0, 0.05) is 10.6 Å². The number of H-pyrrole nitrogens is 1. The zero-order chi connectivity index (χ0) is 17.2. The fourth-order valence-electron chi connectivity index (χ4n) is 2.25. The number of benzene rings is 2. The predicted molar refractivity (Wildman–Crippen MR) is 92.8 cm³/mol. The Morgan fingerprint density at radius 3 is 2.62 bits per heavy atom. The van der Waals surface area contributed by atoms with Crippen LogP contribution >= 0.6 is 11.6 Å². The summed E-state index contributed by atoms with van der Waals surface area (Å²) in [5.41, 5.74) is 1.47. The first-order valence-electron chi connectivity index (χ1n) is 6.96. The third-order valence-corrected chi connectivity index (χ3v) is 4.98. The number of aromatic nitrogens is 2. The lowest BCUT2D eigenvalue weighted by Gasteiger charge is -2.12. The van der Waals surface area contributed by atoms with Crippen molar-refractivity contribution in [2.45, 2.75) is 4.90 Å². The predicted octanol–water partition coefficient (Wildman–Crippen LogP) is 3.54. The molecule has 0 radical (unpaired) electrons. The summed E-state index contributed by atoms with van der Waals surface area (Å²) in [4.78, 5) is -0.0499. The SMILES string of the molecule is COc1ccc(Cl)cc1S(=O)(=O)Nc1[nH]ncc1-c1ccccc1. The van der Waals surface area contributed by atoms with E-state index in [0.29, 0.717) is 10.6 Å². The maximum absolute atomic E-state index is 12.7. The largest absolute Gasteiger partial charge is 0.495 e. The van der Waals surface area contributed by atoms with Crippen LogP contribution in [-0.4, -0.2) is 25.7 Å². The molecule has 3 rings (SSSR count). The molecule has 1 aromatic heterocycles. The number of anilines is 1. The second-order valence-electron chi connectivity index (χ2n) is 4.93. The lowest BCUT2D eigenvalue weighted by molar-refractivity contribution is 0.403. The summed E-state index contributed by atoms with van der Waals surface area (Å²) in [7, 11) is -2.51. The van der Waals surface area contributed by atoms with E-state index in [4.69, 9.17) is 16.3 Å². The molecule has 0 saturated carbocycles. The average Bonchev–Trinajstić information content (AvgIpc) is 3.03. The molecule has 0 spiro atoms. The van der Waals surface area contributed by atoms with Crippen LogP contribution in [0.3, 0.4) is 0 Å². The van der Waals surface area contributed by atoms with Gasteiger partial charge < -0.3 is 4.74 Å². The molecule has 8 heteroatoms. The molecule has 0 fully saturated rings. The fourth-order valence-corrected chi connectivity index (χ4v) is 3.72. The second kappa shape index (κ2) is 6.54. The number of methoxy groups -OCH3 is 1. The number of ether oxygens (including phenoxy) is 1. The first-order valence-corrected chi connectivity index (χ1v) is 8.82. The number of halogens is 1. The Kier molecular flexibility index (Phi) is 4.46. The molecule has 0 amide bonds. The number of nitrogens with zero attached hydrogens (tertiary/aromatic N) is 1. The van der Waals surface area contributed by atoms with Gasteiger partial charge in [0.15, 0.2) is 0 Å². The Balaban J connectivity index is 2.01.